The Morgan fingerprint density at radius 2 is 1.65 bits per heavy atom. The van der Waals surface area contributed by atoms with E-state index in [-0.39, 0.29) is 0 Å². The summed E-state index contributed by atoms with van der Waals surface area (Å²) in [4.78, 5) is 0. The van der Waals surface area contributed by atoms with Crippen LogP contribution in [0.3, 0.4) is 0 Å². The number of hydrogen-bond donors (Lipinski definition) is 1. The minimum Gasteiger partial charge on any atom is -0.395 e. The number of nitrogen functional groups attached to an aromatic ring is 1. The van der Waals surface area contributed by atoms with Gasteiger partial charge in [-0.1, -0.05) is 65.8 Å². The van der Waals surface area contributed by atoms with Crippen LogP contribution in [0.2, 0.25) is 0 Å². The summed E-state index contributed by atoms with van der Waals surface area (Å²) in [5, 5.41) is 6.69. The van der Waals surface area contributed by atoms with Gasteiger partial charge in [0.2, 0.25) is 0 Å². The summed E-state index contributed by atoms with van der Waals surface area (Å²) in [5.41, 5.74) is 13.1. The molecule has 0 fully saturated rings. The highest BCUT2D eigenvalue weighted by molar-refractivity contribution is 5.83. The maximum Gasteiger partial charge on any atom is 0.147 e. The molecule has 3 nitrogen and oxygen atoms in total. The summed E-state index contributed by atoms with van der Waals surface area (Å²) < 4.78 is 5.02. The van der Waals surface area contributed by atoms with Crippen LogP contribution in [0, 0.1) is 0 Å². The highest BCUT2D eigenvalue weighted by atomic mass is 16.5. The van der Waals surface area contributed by atoms with Gasteiger partial charge in [0.05, 0.1) is 5.69 Å². The van der Waals surface area contributed by atoms with Gasteiger partial charge in [-0.3, -0.25) is 0 Å². The summed E-state index contributed by atoms with van der Waals surface area (Å²) in [5.74, 6) is 0.333. The molecular weight excluding hydrogens is 320 g/mol. The molecule has 0 saturated heterocycles. The van der Waals surface area contributed by atoms with Gasteiger partial charge in [0, 0.05) is 5.92 Å². The van der Waals surface area contributed by atoms with Gasteiger partial charge in [-0.15, -0.1) is 0 Å². The predicted molar refractivity (Wildman–Crippen MR) is 104 cm³/mol. The van der Waals surface area contributed by atoms with Crippen molar-refractivity contribution in [1.82, 2.24) is 5.16 Å². The van der Waals surface area contributed by atoms with Gasteiger partial charge >= 0.3 is 0 Å². The number of anilines is 1. The number of aromatic nitrogens is 1. The van der Waals surface area contributed by atoms with Crippen LogP contribution in [0.5, 0.6) is 0 Å². The second-order valence-electron chi connectivity index (χ2n) is 7.22. The lowest BCUT2D eigenvalue weighted by Gasteiger charge is -2.07. The normalized spacial score (nSPS) is 16.1. The Morgan fingerprint density at radius 3 is 2.50 bits per heavy atom. The lowest BCUT2D eigenvalue weighted by molar-refractivity contribution is 0.405. The fourth-order valence-electron chi connectivity index (χ4n) is 4.12. The Balaban J connectivity index is 1.39. The Bertz CT molecular complexity index is 1100. The van der Waals surface area contributed by atoms with Crippen molar-refractivity contribution in [2.75, 3.05) is 5.73 Å². The SMILES string of the molecule is Nc1conc1C1Cc2ccc(Cc3ccc4ccccc4c3)cc2C1. The van der Waals surface area contributed by atoms with Crippen molar-refractivity contribution >= 4 is 16.5 Å². The van der Waals surface area contributed by atoms with E-state index in [2.05, 4.69) is 65.8 Å². The molecule has 128 valence electrons. The molecule has 5 rings (SSSR count). The molecule has 0 aliphatic heterocycles. The molecule has 1 aliphatic rings. The lowest BCUT2D eigenvalue weighted by atomic mass is 9.98. The molecule has 0 amide bonds. The quantitative estimate of drug-likeness (QED) is 0.578. The third kappa shape index (κ3) is 2.66. The fraction of sp³-hybridized carbons (Fsp3) is 0.174. The van der Waals surface area contributed by atoms with Crippen molar-refractivity contribution in [1.29, 1.82) is 0 Å². The first-order valence-corrected chi connectivity index (χ1v) is 9.04. The largest absolute Gasteiger partial charge is 0.395 e. The Morgan fingerprint density at radius 1 is 0.885 bits per heavy atom. The van der Waals surface area contributed by atoms with E-state index in [1.165, 1.54) is 39.3 Å². The standard InChI is InChI=1S/C23H20N2O/c24-22-14-26-25-23(22)21-12-19-8-6-16(11-20(19)13-21)9-15-5-7-17-3-1-2-4-18(17)10-15/h1-8,10-11,14,21H,9,12-13,24H2. The van der Waals surface area contributed by atoms with Gasteiger partial charge in [-0.05, 0) is 52.3 Å². The van der Waals surface area contributed by atoms with Crippen molar-refractivity contribution < 1.29 is 4.52 Å². The summed E-state index contributed by atoms with van der Waals surface area (Å²) in [6.07, 6.45) is 4.46. The fourth-order valence-corrected chi connectivity index (χ4v) is 4.12. The number of rotatable bonds is 3. The third-order valence-electron chi connectivity index (χ3n) is 5.44. The Hall–Kier alpha value is -3.07. The minimum atomic E-state index is 0.333. The second-order valence-corrected chi connectivity index (χ2v) is 7.22. The zero-order valence-electron chi connectivity index (χ0n) is 14.5. The zero-order chi connectivity index (χ0) is 17.5. The molecule has 0 saturated carbocycles. The zero-order valence-corrected chi connectivity index (χ0v) is 14.5. The summed E-state index contributed by atoms with van der Waals surface area (Å²) >= 11 is 0. The van der Waals surface area contributed by atoms with Crippen LogP contribution in [0.25, 0.3) is 10.8 Å². The number of nitrogens with two attached hydrogens (primary N) is 1. The smallest absolute Gasteiger partial charge is 0.147 e. The molecular formula is C23H20N2O. The van der Waals surface area contributed by atoms with Crippen molar-refractivity contribution in [3.63, 3.8) is 0 Å². The van der Waals surface area contributed by atoms with E-state index in [1.54, 1.807) is 0 Å². The molecule has 1 aromatic heterocycles. The molecule has 3 heteroatoms. The highest BCUT2D eigenvalue weighted by Gasteiger charge is 2.27. The van der Waals surface area contributed by atoms with E-state index in [0.717, 1.165) is 25.0 Å². The van der Waals surface area contributed by atoms with Gasteiger partial charge in [0.1, 0.15) is 12.0 Å². The molecule has 4 aromatic rings. The average Bonchev–Trinajstić information content (AvgIpc) is 3.27. The molecule has 26 heavy (non-hydrogen) atoms. The molecule has 1 atom stereocenters. The second kappa shape index (κ2) is 6.03. The molecule has 0 bridgehead atoms. The maximum absolute atomic E-state index is 5.98. The van der Waals surface area contributed by atoms with Gasteiger partial charge in [-0.2, -0.15) is 0 Å². The third-order valence-corrected chi connectivity index (χ3v) is 5.44. The Kier molecular flexibility index (Phi) is 3.52. The van der Waals surface area contributed by atoms with E-state index in [0.29, 0.717) is 11.6 Å². The minimum absolute atomic E-state index is 0.333. The first-order valence-electron chi connectivity index (χ1n) is 9.04. The predicted octanol–water partition coefficient (Wildman–Crippen LogP) is 4.88. The van der Waals surface area contributed by atoms with E-state index in [9.17, 15) is 0 Å². The van der Waals surface area contributed by atoms with Crippen LogP contribution in [0.4, 0.5) is 5.69 Å². The van der Waals surface area contributed by atoms with Crippen LogP contribution in [-0.4, -0.2) is 5.16 Å². The molecule has 0 spiro atoms. The number of nitrogens with zero attached hydrogens (tertiary/aromatic N) is 1. The van der Waals surface area contributed by atoms with Crippen LogP contribution >= 0.6 is 0 Å². The molecule has 3 aromatic carbocycles. The summed E-state index contributed by atoms with van der Waals surface area (Å²) in [6, 6.07) is 22.1. The van der Waals surface area contributed by atoms with Crippen molar-refractivity contribution in [3.05, 3.63) is 94.9 Å². The summed E-state index contributed by atoms with van der Waals surface area (Å²) in [7, 11) is 0. The van der Waals surface area contributed by atoms with Crippen LogP contribution in [-0.2, 0) is 19.3 Å². The van der Waals surface area contributed by atoms with E-state index in [4.69, 9.17) is 10.3 Å². The van der Waals surface area contributed by atoms with Gasteiger partial charge in [0.25, 0.3) is 0 Å². The first-order chi connectivity index (χ1) is 12.8. The monoisotopic (exact) mass is 340 g/mol. The summed E-state index contributed by atoms with van der Waals surface area (Å²) in [6.45, 7) is 0. The van der Waals surface area contributed by atoms with Gasteiger partial charge in [-0.25, -0.2) is 0 Å². The van der Waals surface area contributed by atoms with Gasteiger partial charge in [0.15, 0.2) is 0 Å². The van der Waals surface area contributed by atoms with Crippen molar-refractivity contribution in [3.8, 4) is 0 Å². The number of hydrogen-bond acceptors (Lipinski definition) is 3. The first kappa shape index (κ1) is 15.2. The molecule has 2 N–H and O–H groups in total. The molecule has 1 heterocycles. The molecule has 1 unspecified atom stereocenters. The van der Waals surface area contributed by atoms with Crippen molar-refractivity contribution in [2.45, 2.75) is 25.2 Å². The van der Waals surface area contributed by atoms with E-state index in [1.807, 2.05) is 0 Å². The number of fused-ring (bicyclic) bond motifs is 2. The van der Waals surface area contributed by atoms with E-state index >= 15 is 0 Å². The molecule has 0 radical (unpaired) electrons. The molecule has 1 aliphatic carbocycles. The topological polar surface area (TPSA) is 52.0 Å². The van der Waals surface area contributed by atoms with Crippen molar-refractivity contribution in [2.24, 2.45) is 0 Å². The average molecular weight is 340 g/mol. The van der Waals surface area contributed by atoms with Gasteiger partial charge < -0.3 is 10.3 Å². The maximum atomic E-state index is 5.98. The number of benzene rings is 3. The lowest BCUT2D eigenvalue weighted by Crippen LogP contribution is -2.01. The van der Waals surface area contributed by atoms with Crippen LogP contribution in [0.1, 0.15) is 33.9 Å². The Labute approximate surface area is 152 Å². The van der Waals surface area contributed by atoms with Crippen LogP contribution in [0.15, 0.2) is 71.4 Å². The highest BCUT2D eigenvalue weighted by Crippen LogP contribution is 2.36. The van der Waals surface area contributed by atoms with E-state index < -0.39 is 0 Å². The van der Waals surface area contributed by atoms with Crippen LogP contribution < -0.4 is 5.73 Å².